The predicted molar refractivity (Wildman–Crippen MR) is 81.8 cm³/mol. The van der Waals surface area contributed by atoms with Crippen molar-refractivity contribution in [3.8, 4) is 0 Å². The van der Waals surface area contributed by atoms with Crippen molar-refractivity contribution < 1.29 is 0 Å². The van der Waals surface area contributed by atoms with Crippen molar-refractivity contribution in [1.82, 2.24) is 5.32 Å². The molecule has 1 heterocycles. The minimum Gasteiger partial charge on any atom is -0.384 e. The fourth-order valence-corrected chi connectivity index (χ4v) is 3.54. The van der Waals surface area contributed by atoms with E-state index >= 15 is 0 Å². The summed E-state index contributed by atoms with van der Waals surface area (Å²) in [6.07, 6.45) is 7.97. The third kappa shape index (κ3) is 3.11. The topological polar surface area (TPSA) is 24.1 Å². The van der Waals surface area contributed by atoms with E-state index in [-0.39, 0.29) is 0 Å². The van der Waals surface area contributed by atoms with Gasteiger partial charge in [0, 0.05) is 18.3 Å². The first-order valence-electron chi connectivity index (χ1n) is 7.92. The van der Waals surface area contributed by atoms with Crippen molar-refractivity contribution in [3.05, 3.63) is 29.3 Å². The summed E-state index contributed by atoms with van der Waals surface area (Å²) < 4.78 is 0. The van der Waals surface area contributed by atoms with Gasteiger partial charge in [0.15, 0.2) is 0 Å². The molecule has 1 fully saturated rings. The van der Waals surface area contributed by atoms with E-state index in [1.165, 1.54) is 48.9 Å². The molecule has 1 aliphatic carbocycles. The number of nitrogens with one attached hydrogen (secondary N) is 2. The molecule has 1 aromatic carbocycles. The summed E-state index contributed by atoms with van der Waals surface area (Å²) in [6.45, 7) is 4.63. The number of anilines is 1. The van der Waals surface area contributed by atoms with Gasteiger partial charge in [-0.05, 0) is 55.3 Å². The van der Waals surface area contributed by atoms with Crippen LogP contribution >= 0.6 is 0 Å². The maximum absolute atomic E-state index is 3.77. The third-order valence-electron chi connectivity index (χ3n) is 4.81. The van der Waals surface area contributed by atoms with Gasteiger partial charge in [-0.3, -0.25) is 0 Å². The third-order valence-corrected chi connectivity index (χ3v) is 4.81. The molecule has 2 atom stereocenters. The van der Waals surface area contributed by atoms with Crippen molar-refractivity contribution in [3.63, 3.8) is 0 Å². The van der Waals surface area contributed by atoms with Gasteiger partial charge in [0.05, 0.1) is 0 Å². The molecule has 2 unspecified atom stereocenters. The molecule has 104 valence electrons. The second kappa shape index (κ2) is 5.96. The van der Waals surface area contributed by atoms with Gasteiger partial charge in [-0.25, -0.2) is 0 Å². The second-order valence-corrected chi connectivity index (χ2v) is 6.24. The highest BCUT2D eigenvalue weighted by Gasteiger charge is 2.20. The molecule has 0 aromatic heterocycles. The van der Waals surface area contributed by atoms with E-state index in [0.29, 0.717) is 0 Å². The zero-order valence-electron chi connectivity index (χ0n) is 12.0. The molecule has 0 radical (unpaired) electrons. The van der Waals surface area contributed by atoms with Crippen LogP contribution in [-0.4, -0.2) is 19.1 Å². The summed E-state index contributed by atoms with van der Waals surface area (Å²) in [6, 6.07) is 7.68. The number of hydrogen-bond acceptors (Lipinski definition) is 2. The van der Waals surface area contributed by atoms with Crippen LogP contribution in [-0.2, 0) is 12.8 Å². The smallest absolute Gasteiger partial charge is 0.0373 e. The van der Waals surface area contributed by atoms with Crippen molar-refractivity contribution in [2.24, 2.45) is 5.92 Å². The lowest BCUT2D eigenvalue weighted by molar-refractivity contribution is 0.282. The second-order valence-electron chi connectivity index (χ2n) is 6.24. The van der Waals surface area contributed by atoms with Crippen LogP contribution in [0.15, 0.2) is 18.2 Å². The molecule has 3 rings (SSSR count). The molecule has 2 heteroatoms. The Balaban J connectivity index is 1.49. The van der Waals surface area contributed by atoms with Crippen molar-refractivity contribution in [2.45, 2.75) is 51.5 Å². The first kappa shape index (κ1) is 13.0. The minimum atomic E-state index is 0.754. The van der Waals surface area contributed by atoms with E-state index in [4.69, 9.17) is 0 Å². The molecule has 1 aliphatic heterocycles. The van der Waals surface area contributed by atoms with Crippen LogP contribution < -0.4 is 10.6 Å². The van der Waals surface area contributed by atoms with E-state index in [9.17, 15) is 0 Å². The molecule has 0 bridgehead atoms. The molecule has 19 heavy (non-hydrogen) atoms. The lowest BCUT2D eigenvalue weighted by atomic mass is 9.86. The van der Waals surface area contributed by atoms with Gasteiger partial charge in [0.2, 0.25) is 0 Å². The van der Waals surface area contributed by atoms with Crippen LogP contribution in [0.25, 0.3) is 0 Å². The Bertz CT molecular complexity index is 427. The van der Waals surface area contributed by atoms with Crippen LogP contribution in [0, 0.1) is 5.92 Å². The highest BCUT2D eigenvalue weighted by molar-refractivity contribution is 5.56. The number of hydrogen-bond donors (Lipinski definition) is 2. The lowest BCUT2D eigenvalue weighted by Crippen LogP contribution is -2.38. The van der Waals surface area contributed by atoms with Crippen LogP contribution in [0.3, 0.4) is 0 Å². The summed E-state index contributed by atoms with van der Waals surface area (Å²) >= 11 is 0. The van der Waals surface area contributed by atoms with Gasteiger partial charge < -0.3 is 10.6 Å². The number of fused-ring (bicyclic) bond motifs is 1. The fraction of sp³-hybridized carbons (Fsp3) is 0.647. The van der Waals surface area contributed by atoms with Gasteiger partial charge in [-0.2, -0.15) is 0 Å². The van der Waals surface area contributed by atoms with Crippen LogP contribution in [0.1, 0.15) is 43.7 Å². The highest BCUT2D eigenvalue weighted by atomic mass is 14.9. The van der Waals surface area contributed by atoms with Crippen LogP contribution in [0.5, 0.6) is 0 Å². The maximum atomic E-state index is 3.77. The molecule has 2 N–H and O–H groups in total. The van der Waals surface area contributed by atoms with E-state index in [1.807, 2.05) is 0 Å². The van der Waals surface area contributed by atoms with Gasteiger partial charge >= 0.3 is 0 Å². The zero-order valence-corrected chi connectivity index (χ0v) is 12.0. The molecular weight excluding hydrogens is 232 g/mol. The normalized spacial score (nSPS) is 25.9. The number of rotatable bonds is 4. The Morgan fingerprint density at radius 3 is 3.05 bits per heavy atom. The SMILES string of the molecule is CC1CCCCC1NCCc1ccc2c(c1)CCN2. The van der Waals surface area contributed by atoms with E-state index in [0.717, 1.165) is 31.5 Å². The zero-order chi connectivity index (χ0) is 13.1. The Morgan fingerprint density at radius 2 is 2.16 bits per heavy atom. The standard InChI is InChI=1S/C17H26N2/c1-13-4-2-3-5-16(13)18-10-8-14-6-7-17-15(12-14)9-11-19-17/h6-7,12-13,16,18-19H,2-5,8-11H2,1H3. The monoisotopic (exact) mass is 258 g/mol. The summed E-state index contributed by atoms with van der Waals surface area (Å²) in [7, 11) is 0. The quantitative estimate of drug-likeness (QED) is 0.865. The first-order chi connectivity index (χ1) is 9.33. The van der Waals surface area contributed by atoms with Gasteiger partial charge in [0.25, 0.3) is 0 Å². The van der Waals surface area contributed by atoms with Crippen molar-refractivity contribution in [2.75, 3.05) is 18.4 Å². The van der Waals surface area contributed by atoms with E-state index in [1.54, 1.807) is 0 Å². The average molecular weight is 258 g/mol. The number of benzene rings is 1. The Labute approximate surface area is 117 Å². The van der Waals surface area contributed by atoms with Crippen molar-refractivity contribution in [1.29, 1.82) is 0 Å². The predicted octanol–water partition coefficient (Wildman–Crippen LogP) is 3.37. The molecule has 2 aliphatic rings. The minimum absolute atomic E-state index is 0.754. The molecule has 0 saturated heterocycles. The molecule has 1 aromatic rings. The average Bonchev–Trinajstić information content (AvgIpc) is 2.88. The van der Waals surface area contributed by atoms with Gasteiger partial charge in [-0.15, -0.1) is 0 Å². The summed E-state index contributed by atoms with van der Waals surface area (Å²) in [4.78, 5) is 0. The maximum Gasteiger partial charge on any atom is 0.0373 e. The summed E-state index contributed by atoms with van der Waals surface area (Å²) in [5, 5.41) is 7.20. The molecular formula is C17H26N2. The van der Waals surface area contributed by atoms with Gasteiger partial charge in [-0.1, -0.05) is 31.9 Å². The largest absolute Gasteiger partial charge is 0.384 e. The molecule has 2 nitrogen and oxygen atoms in total. The van der Waals surface area contributed by atoms with Crippen LogP contribution in [0.2, 0.25) is 0 Å². The fourth-order valence-electron chi connectivity index (χ4n) is 3.54. The van der Waals surface area contributed by atoms with Crippen LogP contribution in [0.4, 0.5) is 5.69 Å². The Morgan fingerprint density at radius 1 is 1.26 bits per heavy atom. The first-order valence-corrected chi connectivity index (χ1v) is 7.92. The van der Waals surface area contributed by atoms with Crippen molar-refractivity contribution >= 4 is 5.69 Å². The summed E-state index contributed by atoms with van der Waals surface area (Å²) in [5.41, 5.74) is 4.33. The van der Waals surface area contributed by atoms with E-state index < -0.39 is 0 Å². The molecule has 1 saturated carbocycles. The molecule has 0 spiro atoms. The van der Waals surface area contributed by atoms with Gasteiger partial charge in [0.1, 0.15) is 0 Å². The Kier molecular flexibility index (Phi) is 4.07. The highest BCUT2D eigenvalue weighted by Crippen LogP contribution is 2.24. The summed E-state index contributed by atoms with van der Waals surface area (Å²) in [5.74, 6) is 0.859. The molecule has 0 amide bonds. The van der Waals surface area contributed by atoms with E-state index in [2.05, 4.69) is 35.8 Å². The lowest BCUT2D eigenvalue weighted by Gasteiger charge is -2.29. The Hall–Kier alpha value is -1.02.